The van der Waals surface area contributed by atoms with Crippen molar-refractivity contribution in [3.8, 4) is 11.3 Å². The first-order valence-corrected chi connectivity index (χ1v) is 9.73. The number of amides is 1. The number of rotatable bonds is 5. The van der Waals surface area contributed by atoms with Gasteiger partial charge in [0.15, 0.2) is 0 Å². The number of nitrogens with one attached hydrogen (secondary N) is 2. The number of carbonyl (C=O) groups excluding carboxylic acids is 1. The highest BCUT2D eigenvalue weighted by Crippen LogP contribution is 2.23. The molecule has 0 saturated carbocycles. The average molecular weight is 394 g/mol. The topological polar surface area (TPSA) is 66.9 Å². The molecule has 0 spiro atoms. The van der Waals surface area contributed by atoms with E-state index in [1.165, 1.54) is 0 Å². The van der Waals surface area contributed by atoms with Crippen LogP contribution in [0, 0.1) is 13.8 Å². The third-order valence-electron chi connectivity index (χ3n) is 4.58. The van der Waals surface area contributed by atoms with E-state index in [1.807, 2.05) is 92.7 Å². The molecule has 0 unspecified atom stereocenters. The number of benzene rings is 3. The molecule has 0 fully saturated rings. The van der Waals surface area contributed by atoms with E-state index >= 15 is 0 Å². The molecule has 0 atom stereocenters. The first-order chi connectivity index (χ1) is 14.6. The molecule has 1 aromatic heterocycles. The maximum absolute atomic E-state index is 12.5. The van der Waals surface area contributed by atoms with Crippen LogP contribution in [0.25, 0.3) is 11.3 Å². The van der Waals surface area contributed by atoms with Crippen molar-refractivity contribution < 1.29 is 4.79 Å². The van der Waals surface area contributed by atoms with Crippen LogP contribution in [0.5, 0.6) is 0 Å². The van der Waals surface area contributed by atoms with Crippen LogP contribution in [-0.2, 0) is 0 Å². The van der Waals surface area contributed by atoms with Crippen molar-refractivity contribution in [2.24, 2.45) is 0 Å². The molecule has 0 aliphatic heterocycles. The molecular weight excluding hydrogens is 372 g/mol. The van der Waals surface area contributed by atoms with E-state index in [-0.39, 0.29) is 5.91 Å². The quantitative estimate of drug-likeness (QED) is 0.452. The summed E-state index contributed by atoms with van der Waals surface area (Å²) < 4.78 is 0. The van der Waals surface area contributed by atoms with Gasteiger partial charge in [0, 0.05) is 28.6 Å². The highest BCUT2D eigenvalue weighted by Gasteiger charge is 2.08. The Labute approximate surface area is 175 Å². The van der Waals surface area contributed by atoms with Crippen LogP contribution < -0.4 is 10.6 Å². The highest BCUT2D eigenvalue weighted by atomic mass is 16.1. The summed E-state index contributed by atoms with van der Waals surface area (Å²) >= 11 is 0. The van der Waals surface area contributed by atoms with Gasteiger partial charge in [-0.1, -0.05) is 54.1 Å². The molecule has 0 bridgehead atoms. The maximum Gasteiger partial charge on any atom is 0.255 e. The van der Waals surface area contributed by atoms with Gasteiger partial charge >= 0.3 is 0 Å². The predicted octanol–water partition coefficient (Wildman–Crippen LogP) is 5.76. The summed E-state index contributed by atoms with van der Waals surface area (Å²) in [6, 6.07) is 27.0. The lowest BCUT2D eigenvalue weighted by Crippen LogP contribution is -2.12. The van der Waals surface area contributed by atoms with Crippen molar-refractivity contribution in [1.82, 2.24) is 9.97 Å². The van der Waals surface area contributed by atoms with Crippen molar-refractivity contribution in [2.45, 2.75) is 13.8 Å². The van der Waals surface area contributed by atoms with Crippen LogP contribution in [0.4, 0.5) is 17.2 Å². The number of aromatic nitrogens is 2. The van der Waals surface area contributed by atoms with Gasteiger partial charge in [0.1, 0.15) is 11.6 Å². The van der Waals surface area contributed by atoms with E-state index in [0.29, 0.717) is 22.9 Å². The van der Waals surface area contributed by atoms with Crippen LogP contribution in [0.15, 0.2) is 84.9 Å². The fourth-order valence-electron chi connectivity index (χ4n) is 3.20. The third kappa shape index (κ3) is 4.70. The molecule has 0 aliphatic carbocycles. The highest BCUT2D eigenvalue weighted by molar-refractivity contribution is 6.04. The number of anilines is 3. The molecule has 2 N–H and O–H groups in total. The van der Waals surface area contributed by atoms with Gasteiger partial charge in [-0.25, -0.2) is 9.97 Å². The largest absolute Gasteiger partial charge is 0.340 e. The molecule has 0 saturated heterocycles. The van der Waals surface area contributed by atoms with E-state index < -0.39 is 0 Å². The van der Waals surface area contributed by atoms with Crippen LogP contribution in [0.3, 0.4) is 0 Å². The lowest BCUT2D eigenvalue weighted by molar-refractivity contribution is 0.102. The van der Waals surface area contributed by atoms with E-state index in [1.54, 1.807) is 6.07 Å². The smallest absolute Gasteiger partial charge is 0.255 e. The molecule has 5 heteroatoms. The van der Waals surface area contributed by atoms with E-state index in [9.17, 15) is 4.79 Å². The first kappa shape index (κ1) is 19.3. The normalized spacial score (nSPS) is 10.5. The second kappa shape index (κ2) is 8.57. The Morgan fingerprint density at radius 1 is 0.767 bits per heavy atom. The van der Waals surface area contributed by atoms with Crippen molar-refractivity contribution >= 4 is 23.1 Å². The first-order valence-electron chi connectivity index (χ1n) is 9.73. The summed E-state index contributed by atoms with van der Waals surface area (Å²) in [6.45, 7) is 3.84. The standard InChI is InChI=1S/C25H22N4O/c1-17-8-6-11-20(14-17)25(30)29-22-13-7-12-21(15-22)28-24-16-23(26-18(2)27-24)19-9-4-3-5-10-19/h3-16H,1-2H3,(H,29,30)(H,26,27,28). The molecule has 4 aromatic rings. The SMILES string of the molecule is Cc1cccc(C(=O)Nc2cccc(Nc3cc(-c4ccccc4)nc(C)n3)c2)c1. The molecule has 1 amide bonds. The molecule has 3 aromatic carbocycles. The molecule has 0 radical (unpaired) electrons. The zero-order valence-corrected chi connectivity index (χ0v) is 16.9. The summed E-state index contributed by atoms with van der Waals surface area (Å²) in [5.74, 6) is 1.24. The number of hydrogen-bond acceptors (Lipinski definition) is 4. The zero-order chi connectivity index (χ0) is 20.9. The molecular formula is C25H22N4O. The monoisotopic (exact) mass is 394 g/mol. The summed E-state index contributed by atoms with van der Waals surface area (Å²) in [4.78, 5) is 21.6. The van der Waals surface area contributed by atoms with Gasteiger partial charge in [0.25, 0.3) is 5.91 Å². The minimum atomic E-state index is -0.139. The van der Waals surface area contributed by atoms with Crippen molar-refractivity contribution in [3.63, 3.8) is 0 Å². The Bertz CT molecular complexity index is 1190. The number of nitrogens with zero attached hydrogens (tertiary/aromatic N) is 2. The second-order valence-electron chi connectivity index (χ2n) is 7.08. The summed E-state index contributed by atoms with van der Waals surface area (Å²) in [5.41, 5.74) is 5.10. The maximum atomic E-state index is 12.5. The molecule has 0 aliphatic rings. The predicted molar refractivity (Wildman–Crippen MR) is 121 cm³/mol. The average Bonchev–Trinajstić information content (AvgIpc) is 2.74. The van der Waals surface area contributed by atoms with Gasteiger partial charge in [-0.05, 0) is 44.2 Å². The molecule has 1 heterocycles. The van der Waals surface area contributed by atoms with Gasteiger partial charge < -0.3 is 10.6 Å². The number of carbonyl (C=O) groups is 1. The molecule has 4 rings (SSSR count). The fraction of sp³-hybridized carbons (Fsp3) is 0.0800. The van der Waals surface area contributed by atoms with Crippen molar-refractivity contribution in [2.75, 3.05) is 10.6 Å². The van der Waals surface area contributed by atoms with E-state index in [2.05, 4.69) is 20.6 Å². The molecule has 30 heavy (non-hydrogen) atoms. The lowest BCUT2D eigenvalue weighted by atomic mass is 10.1. The van der Waals surface area contributed by atoms with E-state index in [0.717, 1.165) is 22.5 Å². The summed E-state index contributed by atoms with van der Waals surface area (Å²) in [6.07, 6.45) is 0. The van der Waals surface area contributed by atoms with Gasteiger partial charge in [-0.2, -0.15) is 0 Å². The van der Waals surface area contributed by atoms with Crippen LogP contribution in [0.2, 0.25) is 0 Å². The van der Waals surface area contributed by atoms with Gasteiger partial charge in [0.2, 0.25) is 0 Å². The van der Waals surface area contributed by atoms with E-state index in [4.69, 9.17) is 0 Å². The Morgan fingerprint density at radius 3 is 2.33 bits per heavy atom. The Kier molecular flexibility index (Phi) is 5.52. The Hall–Kier alpha value is -3.99. The van der Waals surface area contributed by atoms with Gasteiger partial charge in [-0.3, -0.25) is 4.79 Å². The fourth-order valence-corrected chi connectivity index (χ4v) is 3.20. The molecule has 5 nitrogen and oxygen atoms in total. The van der Waals surface area contributed by atoms with Crippen LogP contribution in [0.1, 0.15) is 21.7 Å². The van der Waals surface area contributed by atoms with Crippen LogP contribution >= 0.6 is 0 Å². The molecule has 148 valence electrons. The van der Waals surface area contributed by atoms with Gasteiger partial charge in [0.05, 0.1) is 5.69 Å². The lowest BCUT2D eigenvalue weighted by Gasteiger charge is -2.11. The van der Waals surface area contributed by atoms with Crippen LogP contribution in [-0.4, -0.2) is 15.9 Å². The minimum absolute atomic E-state index is 0.139. The minimum Gasteiger partial charge on any atom is -0.340 e. The second-order valence-corrected chi connectivity index (χ2v) is 7.08. The third-order valence-corrected chi connectivity index (χ3v) is 4.58. The van der Waals surface area contributed by atoms with Crippen molar-refractivity contribution in [3.05, 3.63) is 102 Å². The number of aryl methyl sites for hydroxylation is 2. The number of hydrogen-bond donors (Lipinski definition) is 2. The van der Waals surface area contributed by atoms with Crippen molar-refractivity contribution in [1.29, 1.82) is 0 Å². The van der Waals surface area contributed by atoms with Gasteiger partial charge in [-0.15, -0.1) is 0 Å². The zero-order valence-electron chi connectivity index (χ0n) is 16.9. The summed E-state index contributed by atoms with van der Waals surface area (Å²) in [7, 11) is 0. The Morgan fingerprint density at radius 2 is 1.53 bits per heavy atom. The Balaban J connectivity index is 1.54. The summed E-state index contributed by atoms with van der Waals surface area (Å²) in [5, 5.41) is 6.26.